The maximum absolute atomic E-state index is 12.2. The number of ether oxygens (including phenoxy) is 1. The average molecular weight is 418 g/mol. The van der Waals surface area contributed by atoms with E-state index in [9.17, 15) is 14.9 Å². The van der Waals surface area contributed by atoms with Crippen LogP contribution in [0.3, 0.4) is 0 Å². The van der Waals surface area contributed by atoms with Crippen LogP contribution < -0.4 is 0 Å². The van der Waals surface area contributed by atoms with E-state index in [-0.39, 0.29) is 17.1 Å². The van der Waals surface area contributed by atoms with Crippen molar-refractivity contribution in [1.29, 1.82) is 0 Å². The van der Waals surface area contributed by atoms with Gasteiger partial charge in [-0.2, -0.15) is 0 Å². The van der Waals surface area contributed by atoms with Gasteiger partial charge in [0.05, 0.1) is 4.92 Å². The molecule has 0 aromatic heterocycles. The lowest BCUT2D eigenvalue weighted by molar-refractivity contribution is -0.384. The van der Waals surface area contributed by atoms with Gasteiger partial charge >= 0.3 is 5.97 Å². The zero-order chi connectivity index (χ0) is 22.6. The van der Waals surface area contributed by atoms with Crippen LogP contribution in [0, 0.1) is 10.1 Å². The third kappa shape index (κ3) is 5.37. The molecule has 31 heavy (non-hydrogen) atoms. The lowest BCUT2D eigenvalue weighted by Gasteiger charge is -2.22. The van der Waals surface area contributed by atoms with Gasteiger partial charge in [-0.25, -0.2) is 0 Å². The summed E-state index contributed by atoms with van der Waals surface area (Å²) in [6, 6.07) is 22.3. The van der Waals surface area contributed by atoms with Gasteiger partial charge in [-0.05, 0) is 51.4 Å². The van der Waals surface area contributed by atoms with Gasteiger partial charge in [-0.1, -0.05) is 70.2 Å². The van der Waals surface area contributed by atoms with Crippen molar-refractivity contribution in [2.75, 3.05) is 0 Å². The molecule has 0 saturated carbocycles. The molecule has 0 spiro atoms. The van der Waals surface area contributed by atoms with Crippen molar-refractivity contribution in [3.05, 3.63) is 99.6 Å². The Hall–Kier alpha value is -3.47. The quantitative estimate of drug-likeness (QED) is 0.257. The Labute approximate surface area is 182 Å². The van der Waals surface area contributed by atoms with Crippen LogP contribution in [-0.2, 0) is 14.9 Å². The number of esters is 1. The number of nitro benzene ring substituents is 1. The van der Waals surface area contributed by atoms with Crippen LogP contribution in [0.25, 0.3) is 11.1 Å². The monoisotopic (exact) mass is 417 g/mol. The van der Waals surface area contributed by atoms with Gasteiger partial charge in [0.2, 0.25) is 0 Å². The second-order valence-electron chi connectivity index (χ2n) is 8.52. The first kappa shape index (κ1) is 22.2. The van der Waals surface area contributed by atoms with Gasteiger partial charge in [-0.3, -0.25) is 14.9 Å². The molecule has 0 amide bonds. The maximum atomic E-state index is 12.2. The van der Waals surface area contributed by atoms with Crippen LogP contribution >= 0.6 is 0 Å². The molecule has 1 unspecified atom stereocenters. The second kappa shape index (κ2) is 9.13. The van der Waals surface area contributed by atoms with Gasteiger partial charge in [0, 0.05) is 18.6 Å². The Morgan fingerprint density at radius 3 is 2.13 bits per heavy atom. The molecule has 0 bridgehead atoms. The maximum Gasteiger partial charge on any atom is 0.306 e. The topological polar surface area (TPSA) is 69.4 Å². The number of benzene rings is 3. The van der Waals surface area contributed by atoms with Crippen molar-refractivity contribution in [1.82, 2.24) is 0 Å². The lowest BCUT2D eigenvalue weighted by Crippen LogP contribution is -2.14. The smallest absolute Gasteiger partial charge is 0.306 e. The summed E-state index contributed by atoms with van der Waals surface area (Å²) >= 11 is 0. The third-order valence-electron chi connectivity index (χ3n) is 5.22. The van der Waals surface area contributed by atoms with Gasteiger partial charge in [-0.15, -0.1) is 0 Å². The van der Waals surface area contributed by atoms with Gasteiger partial charge < -0.3 is 4.74 Å². The summed E-state index contributed by atoms with van der Waals surface area (Å²) in [5, 5.41) is 10.9. The Morgan fingerprint density at radius 2 is 1.58 bits per heavy atom. The minimum absolute atomic E-state index is 0.0317. The Bertz CT molecular complexity index is 1060. The number of rotatable bonds is 6. The first-order valence-corrected chi connectivity index (χ1v) is 10.3. The molecule has 0 fully saturated rings. The first-order valence-electron chi connectivity index (χ1n) is 10.3. The van der Waals surface area contributed by atoms with Crippen molar-refractivity contribution in [2.45, 2.75) is 45.6 Å². The minimum atomic E-state index is -0.528. The molecule has 1 atom stereocenters. The molecule has 0 aliphatic heterocycles. The van der Waals surface area contributed by atoms with Gasteiger partial charge in [0.15, 0.2) is 6.10 Å². The van der Waals surface area contributed by atoms with Crippen LogP contribution in [0.1, 0.15) is 56.9 Å². The lowest BCUT2D eigenvalue weighted by atomic mass is 9.86. The molecule has 0 N–H and O–H groups in total. The zero-order valence-corrected chi connectivity index (χ0v) is 18.3. The number of hydrogen-bond acceptors (Lipinski definition) is 4. The molecule has 0 saturated heterocycles. The predicted octanol–water partition coefficient (Wildman–Crippen LogP) is 6.60. The van der Waals surface area contributed by atoms with Crippen LogP contribution in [0.2, 0.25) is 0 Å². The van der Waals surface area contributed by atoms with E-state index >= 15 is 0 Å². The number of nitrogens with zero attached hydrogens (tertiary/aromatic N) is 1. The van der Waals surface area contributed by atoms with E-state index in [0.717, 1.165) is 22.3 Å². The fraction of sp³-hybridized carbons (Fsp3) is 0.269. The van der Waals surface area contributed by atoms with E-state index in [1.807, 2.05) is 36.4 Å². The standard InChI is InChI=1S/C26H27NO4/c1-5-24(28)31-25(19-9-13-22(14-10-19)26(2,3)4)21-8-6-7-20(17-21)18-11-15-23(16-12-18)27(29)30/h6-17,25H,5H2,1-4H3. The highest BCUT2D eigenvalue weighted by Gasteiger charge is 2.21. The van der Waals surface area contributed by atoms with E-state index in [0.29, 0.717) is 6.42 Å². The Balaban J connectivity index is 1.99. The molecule has 3 aromatic rings. The summed E-state index contributed by atoms with van der Waals surface area (Å²) in [5.74, 6) is -0.273. The summed E-state index contributed by atoms with van der Waals surface area (Å²) in [5.41, 5.74) is 4.79. The summed E-state index contributed by atoms with van der Waals surface area (Å²) in [7, 11) is 0. The molecular weight excluding hydrogens is 390 g/mol. The number of nitro groups is 1. The predicted molar refractivity (Wildman–Crippen MR) is 122 cm³/mol. The molecule has 0 radical (unpaired) electrons. The van der Waals surface area contributed by atoms with Crippen molar-refractivity contribution < 1.29 is 14.5 Å². The molecule has 0 heterocycles. The molecule has 5 heteroatoms. The average Bonchev–Trinajstić information content (AvgIpc) is 2.77. The number of non-ortho nitro benzene ring substituents is 1. The largest absolute Gasteiger partial charge is 0.453 e. The molecule has 0 aliphatic carbocycles. The fourth-order valence-electron chi connectivity index (χ4n) is 3.36. The molecule has 0 aliphatic rings. The number of hydrogen-bond donors (Lipinski definition) is 0. The molecule has 3 rings (SSSR count). The van der Waals surface area contributed by atoms with E-state index in [1.54, 1.807) is 19.1 Å². The van der Waals surface area contributed by atoms with Crippen LogP contribution in [0.15, 0.2) is 72.8 Å². The van der Waals surface area contributed by atoms with Crippen molar-refractivity contribution in [2.24, 2.45) is 0 Å². The van der Waals surface area contributed by atoms with E-state index in [1.165, 1.54) is 17.7 Å². The Kier molecular flexibility index (Phi) is 6.54. The highest BCUT2D eigenvalue weighted by Crippen LogP contribution is 2.32. The van der Waals surface area contributed by atoms with Crippen molar-refractivity contribution in [3.8, 4) is 11.1 Å². The fourth-order valence-corrected chi connectivity index (χ4v) is 3.36. The van der Waals surface area contributed by atoms with E-state index in [2.05, 4.69) is 32.9 Å². The SMILES string of the molecule is CCC(=O)OC(c1ccc(C(C)(C)C)cc1)c1cccc(-c2ccc([N+](=O)[O-])cc2)c1. The van der Waals surface area contributed by atoms with Crippen molar-refractivity contribution in [3.63, 3.8) is 0 Å². The van der Waals surface area contributed by atoms with Gasteiger partial charge in [0.1, 0.15) is 0 Å². The molecule has 5 nitrogen and oxygen atoms in total. The highest BCUT2D eigenvalue weighted by molar-refractivity contribution is 5.70. The van der Waals surface area contributed by atoms with Crippen molar-refractivity contribution >= 4 is 11.7 Å². The summed E-state index contributed by atoms with van der Waals surface area (Å²) in [4.78, 5) is 22.7. The summed E-state index contributed by atoms with van der Waals surface area (Å²) in [6.45, 7) is 8.24. The summed E-state index contributed by atoms with van der Waals surface area (Å²) in [6.07, 6.45) is -0.238. The van der Waals surface area contributed by atoms with Gasteiger partial charge in [0.25, 0.3) is 5.69 Å². The molecule has 3 aromatic carbocycles. The zero-order valence-electron chi connectivity index (χ0n) is 18.3. The van der Waals surface area contributed by atoms with Crippen LogP contribution in [-0.4, -0.2) is 10.9 Å². The first-order chi connectivity index (χ1) is 14.7. The van der Waals surface area contributed by atoms with E-state index in [4.69, 9.17) is 4.74 Å². The second-order valence-corrected chi connectivity index (χ2v) is 8.52. The van der Waals surface area contributed by atoms with Crippen LogP contribution in [0.4, 0.5) is 5.69 Å². The molecule has 160 valence electrons. The minimum Gasteiger partial charge on any atom is -0.453 e. The van der Waals surface area contributed by atoms with Crippen LogP contribution in [0.5, 0.6) is 0 Å². The summed E-state index contributed by atoms with van der Waals surface area (Å²) < 4.78 is 5.81. The Morgan fingerprint density at radius 1 is 0.935 bits per heavy atom. The number of carbonyl (C=O) groups excluding carboxylic acids is 1. The third-order valence-corrected chi connectivity index (χ3v) is 5.22. The van der Waals surface area contributed by atoms with E-state index < -0.39 is 11.0 Å². The normalized spacial score (nSPS) is 12.3. The number of carbonyl (C=O) groups is 1. The highest BCUT2D eigenvalue weighted by atomic mass is 16.6. The molecular formula is C26H27NO4.